The van der Waals surface area contributed by atoms with Crippen LogP contribution >= 0.6 is 0 Å². The monoisotopic (exact) mass is 171 g/mol. The minimum absolute atomic E-state index is 1.04. The molecule has 2 heterocycles. The minimum Gasteiger partial charge on any atom is -0.384 e. The number of nitrogens with zero attached hydrogens (tertiary/aromatic N) is 2. The third-order valence-corrected chi connectivity index (χ3v) is 2.44. The summed E-state index contributed by atoms with van der Waals surface area (Å²) >= 11 is 0. The number of hydrogen-bond donors (Lipinski definition) is 1. The van der Waals surface area contributed by atoms with Gasteiger partial charge in [-0.15, -0.1) is 0 Å². The number of nitrogens with one attached hydrogen (secondary N) is 1. The van der Waals surface area contributed by atoms with Crippen LogP contribution in [0, 0.1) is 0 Å². The van der Waals surface area contributed by atoms with Crippen LogP contribution in [0.15, 0.2) is 24.7 Å². The van der Waals surface area contributed by atoms with Gasteiger partial charge in [0, 0.05) is 23.8 Å². The first-order valence-electron chi connectivity index (χ1n) is 4.40. The summed E-state index contributed by atoms with van der Waals surface area (Å²) < 4.78 is 0. The Morgan fingerprint density at radius 1 is 1.31 bits per heavy atom. The summed E-state index contributed by atoms with van der Waals surface area (Å²) in [4.78, 5) is 8.22. The molecule has 0 fully saturated rings. The van der Waals surface area contributed by atoms with E-state index in [1.165, 1.54) is 11.3 Å². The molecule has 1 aliphatic rings. The predicted octanol–water partition coefficient (Wildman–Crippen LogP) is 1.60. The van der Waals surface area contributed by atoms with Gasteiger partial charge in [0.2, 0.25) is 0 Å². The summed E-state index contributed by atoms with van der Waals surface area (Å²) in [6.45, 7) is 1.04. The van der Waals surface area contributed by atoms with E-state index < -0.39 is 0 Å². The normalized spacial score (nSPS) is 14.2. The molecule has 64 valence electrons. The molecule has 2 aromatic rings. The van der Waals surface area contributed by atoms with E-state index in [9.17, 15) is 0 Å². The van der Waals surface area contributed by atoms with Crippen molar-refractivity contribution in [1.29, 1.82) is 0 Å². The third kappa shape index (κ3) is 0.967. The summed E-state index contributed by atoms with van der Waals surface area (Å²) in [6, 6.07) is 4.27. The maximum absolute atomic E-state index is 4.22. The SMILES string of the molecule is c1ncc2cc3c(cc2n1)CCN3. The lowest BCUT2D eigenvalue weighted by atomic mass is 10.1. The van der Waals surface area contributed by atoms with E-state index in [0.29, 0.717) is 0 Å². The molecule has 1 aliphatic heterocycles. The third-order valence-electron chi connectivity index (χ3n) is 2.44. The van der Waals surface area contributed by atoms with E-state index in [1.54, 1.807) is 6.33 Å². The molecular weight excluding hydrogens is 162 g/mol. The van der Waals surface area contributed by atoms with E-state index >= 15 is 0 Å². The topological polar surface area (TPSA) is 37.8 Å². The van der Waals surface area contributed by atoms with Crippen LogP contribution < -0.4 is 5.32 Å². The zero-order chi connectivity index (χ0) is 8.67. The summed E-state index contributed by atoms with van der Waals surface area (Å²) in [7, 11) is 0. The highest BCUT2D eigenvalue weighted by molar-refractivity contribution is 5.84. The number of hydrogen-bond acceptors (Lipinski definition) is 3. The highest BCUT2D eigenvalue weighted by atomic mass is 14.9. The average Bonchev–Trinajstić information content (AvgIpc) is 2.61. The van der Waals surface area contributed by atoms with Gasteiger partial charge in [-0.2, -0.15) is 0 Å². The Bertz CT molecular complexity index is 422. The highest BCUT2D eigenvalue weighted by Gasteiger charge is 2.10. The van der Waals surface area contributed by atoms with Gasteiger partial charge in [-0.25, -0.2) is 9.97 Å². The van der Waals surface area contributed by atoms with Crippen LogP contribution in [0.1, 0.15) is 5.56 Å². The molecule has 0 radical (unpaired) electrons. The average molecular weight is 171 g/mol. The second kappa shape index (κ2) is 2.42. The number of rotatable bonds is 0. The molecule has 0 bridgehead atoms. The van der Waals surface area contributed by atoms with Crippen LogP contribution in [0.4, 0.5) is 5.69 Å². The fraction of sp³-hybridized carbons (Fsp3) is 0.200. The summed E-state index contributed by atoms with van der Waals surface area (Å²) in [5.41, 5.74) is 3.64. The Labute approximate surface area is 75.8 Å². The van der Waals surface area contributed by atoms with Crippen LogP contribution in [-0.4, -0.2) is 16.5 Å². The zero-order valence-corrected chi connectivity index (χ0v) is 7.12. The Morgan fingerprint density at radius 3 is 3.31 bits per heavy atom. The lowest BCUT2D eigenvalue weighted by molar-refractivity contribution is 1.11. The fourth-order valence-electron chi connectivity index (χ4n) is 1.78. The summed E-state index contributed by atoms with van der Waals surface area (Å²) in [5, 5.41) is 4.44. The molecule has 0 atom stereocenters. The van der Waals surface area contributed by atoms with E-state index in [0.717, 1.165) is 23.9 Å². The number of benzene rings is 1. The van der Waals surface area contributed by atoms with Crippen LogP contribution in [0.5, 0.6) is 0 Å². The van der Waals surface area contributed by atoms with Gasteiger partial charge in [0.1, 0.15) is 6.33 Å². The maximum Gasteiger partial charge on any atom is 0.116 e. The lowest BCUT2D eigenvalue weighted by Gasteiger charge is -2.01. The van der Waals surface area contributed by atoms with Crippen molar-refractivity contribution >= 4 is 16.6 Å². The van der Waals surface area contributed by atoms with Crippen molar-refractivity contribution in [2.75, 3.05) is 11.9 Å². The molecule has 0 aliphatic carbocycles. The van der Waals surface area contributed by atoms with E-state index in [2.05, 4.69) is 27.4 Å². The van der Waals surface area contributed by atoms with E-state index in [4.69, 9.17) is 0 Å². The fourth-order valence-corrected chi connectivity index (χ4v) is 1.78. The highest BCUT2D eigenvalue weighted by Crippen LogP contribution is 2.26. The van der Waals surface area contributed by atoms with Gasteiger partial charge in [0.25, 0.3) is 0 Å². The standard InChI is InChI=1S/C10H9N3/c1-2-12-9-4-8-5-11-6-13-10(8)3-7(1)9/h3-6,12H,1-2H2. The zero-order valence-electron chi connectivity index (χ0n) is 7.12. The van der Waals surface area contributed by atoms with Crippen molar-refractivity contribution in [1.82, 2.24) is 9.97 Å². The van der Waals surface area contributed by atoms with Gasteiger partial charge in [-0.3, -0.25) is 0 Å². The first-order valence-corrected chi connectivity index (χ1v) is 4.40. The Kier molecular flexibility index (Phi) is 1.27. The molecule has 0 spiro atoms. The predicted molar refractivity (Wildman–Crippen MR) is 51.7 cm³/mol. The lowest BCUT2D eigenvalue weighted by Crippen LogP contribution is -1.90. The van der Waals surface area contributed by atoms with Gasteiger partial charge >= 0.3 is 0 Å². The van der Waals surface area contributed by atoms with Crippen molar-refractivity contribution in [3.63, 3.8) is 0 Å². The second-order valence-electron chi connectivity index (χ2n) is 3.27. The number of anilines is 1. The number of aromatic nitrogens is 2. The Morgan fingerprint density at radius 2 is 2.31 bits per heavy atom. The second-order valence-corrected chi connectivity index (χ2v) is 3.27. The van der Waals surface area contributed by atoms with Gasteiger partial charge in [-0.1, -0.05) is 0 Å². The molecule has 1 aromatic carbocycles. The Hall–Kier alpha value is -1.64. The summed E-state index contributed by atoms with van der Waals surface area (Å²) in [5.74, 6) is 0. The van der Waals surface area contributed by atoms with Gasteiger partial charge < -0.3 is 5.32 Å². The van der Waals surface area contributed by atoms with Crippen LogP contribution in [-0.2, 0) is 6.42 Å². The molecule has 13 heavy (non-hydrogen) atoms. The molecule has 0 amide bonds. The molecule has 1 aromatic heterocycles. The largest absolute Gasteiger partial charge is 0.384 e. The Balaban J connectivity index is 2.36. The van der Waals surface area contributed by atoms with Crippen molar-refractivity contribution in [2.45, 2.75) is 6.42 Å². The van der Waals surface area contributed by atoms with Crippen molar-refractivity contribution in [3.8, 4) is 0 Å². The van der Waals surface area contributed by atoms with Gasteiger partial charge in [0.05, 0.1) is 5.52 Å². The minimum atomic E-state index is 1.04. The molecule has 1 N–H and O–H groups in total. The quantitative estimate of drug-likeness (QED) is 0.654. The molecule has 3 nitrogen and oxygen atoms in total. The van der Waals surface area contributed by atoms with E-state index in [1.807, 2.05) is 6.20 Å². The molecule has 3 heteroatoms. The van der Waals surface area contributed by atoms with Crippen molar-refractivity contribution < 1.29 is 0 Å². The van der Waals surface area contributed by atoms with Crippen LogP contribution in [0.3, 0.4) is 0 Å². The smallest absolute Gasteiger partial charge is 0.116 e. The summed E-state index contributed by atoms with van der Waals surface area (Å²) in [6.07, 6.45) is 4.55. The van der Waals surface area contributed by atoms with Crippen molar-refractivity contribution in [3.05, 3.63) is 30.2 Å². The van der Waals surface area contributed by atoms with E-state index in [-0.39, 0.29) is 0 Å². The van der Waals surface area contributed by atoms with Crippen LogP contribution in [0.2, 0.25) is 0 Å². The molecule has 0 saturated carbocycles. The molecule has 3 rings (SSSR count). The molecule has 0 unspecified atom stereocenters. The van der Waals surface area contributed by atoms with Gasteiger partial charge in [-0.05, 0) is 24.1 Å². The van der Waals surface area contributed by atoms with Crippen molar-refractivity contribution in [2.24, 2.45) is 0 Å². The first-order chi connectivity index (χ1) is 6.43. The first kappa shape index (κ1) is 6.83. The molecule has 0 saturated heterocycles. The maximum atomic E-state index is 4.22. The van der Waals surface area contributed by atoms with Crippen LogP contribution in [0.25, 0.3) is 10.9 Å². The van der Waals surface area contributed by atoms with Gasteiger partial charge in [0.15, 0.2) is 0 Å². The number of fused-ring (bicyclic) bond motifs is 2. The molecular formula is C10H9N3.